The highest BCUT2D eigenvalue weighted by Gasteiger charge is 2.53. The second kappa shape index (κ2) is 5.35. The highest BCUT2D eigenvalue weighted by Crippen LogP contribution is 2.34. The Labute approximate surface area is 115 Å². The molecule has 0 bridgehead atoms. The number of halogens is 6. The van der Waals surface area contributed by atoms with Crippen LogP contribution in [0.2, 0.25) is 0 Å². The van der Waals surface area contributed by atoms with E-state index < -0.39 is 42.4 Å². The summed E-state index contributed by atoms with van der Waals surface area (Å²) in [6.45, 7) is 0.268. The van der Waals surface area contributed by atoms with Crippen molar-refractivity contribution in [3.05, 3.63) is 0 Å². The molecule has 2 atom stereocenters. The zero-order valence-corrected chi connectivity index (χ0v) is 10.7. The third kappa shape index (κ3) is 3.99. The smallest absolute Gasteiger partial charge is 0.428 e. The van der Waals surface area contributed by atoms with Crippen LogP contribution in [0.3, 0.4) is 0 Å². The Morgan fingerprint density at radius 1 is 1.19 bits per heavy atom. The van der Waals surface area contributed by atoms with Crippen molar-refractivity contribution in [2.75, 3.05) is 6.54 Å². The van der Waals surface area contributed by atoms with Gasteiger partial charge in [0.2, 0.25) is 5.72 Å². The number of carbonyl (C=O) groups excluding carboxylic acids is 2. The molecule has 122 valence electrons. The quantitative estimate of drug-likeness (QED) is 0.473. The molecule has 1 heterocycles. The molecular weight excluding hydrogens is 310 g/mol. The average molecular weight is 322 g/mol. The number of rotatable bonds is 2. The zero-order valence-electron chi connectivity index (χ0n) is 10.7. The van der Waals surface area contributed by atoms with E-state index in [-0.39, 0.29) is 17.9 Å². The Bertz CT molecular complexity index is 431. The van der Waals surface area contributed by atoms with Crippen molar-refractivity contribution in [3.8, 4) is 0 Å². The number of nitrogens with zero attached hydrogens (tertiary/aromatic N) is 1. The van der Waals surface area contributed by atoms with Gasteiger partial charge in [0, 0.05) is 6.54 Å². The summed E-state index contributed by atoms with van der Waals surface area (Å²) in [5.74, 6) is -4.27. The lowest BCUT2D eigenvalue weighted by atomic mass is 10.2. The topological polar surface area (TPSA) is 72.6 Å². The van der Waals surface area contributed by atoms with Gasteiger partial charge in [-0.25, -0.2) is 4.79 Å². The maximum absolute atomic E-state index is 12.7. The van der Waals surface area contributed by atoms with Crippen LogP contribution in [-0.2, 0) is 14.3 Å². The fourth-order valence-electron chi connectivity index (χ4n) is 1.93. The third-order valence-electron chi connectivity index (χ3n) is 2.85. The van der Waals surface area contributed by atoms with E-state index >= 15 is 0 Å². The minimum absolute atomic E-state index is 0.0131. The molecule has 0 aromatic carbocycles. The predicted octanol–water partition coefficient (Wildman–Crippen LogP) is 1.32. The molecule has 1 amide bonds. The predicted molar refractivity (Wildman–Crippen MR) is 55.5 cm³/mol. The molecular formula is C10H12F6N2O3. The van der Waals surface area contributed by atoms with Crippen LogP contribution in [0.25, 0.3) is 0 Å². The standard InChI is InChI=1S/C10H12F6N2O3/c1-8(17,21-7(20)10(14,15)16)6(19)18-4-2-3-5(18)9(11,12)13/h5H,2-4,17H2,1H3/t5-,8+/m0/s1. The van der Waals surface area contributed by atoms with Crippen molar-refractivity contribution < 1.29 is 40.7 Å². The van der Waals surface area contributed by atoms with Gasteiger partial charge >= 0.3 is 18.3 Å². The van der Waals surface area contributed by atoms with E-state index in [4.69, 9.17) is 5.73 Å². The molecule has 1 saturated heterocycles. The van der Waals surface area contributed by atoms with E-state index in [9.17, 15) is 35.9 Å². The summed E-state index contributed by atoms with van der Waals surface area (Å²) < 4.78 is 78.0. The molecule has 0 spiro atoms. The number of alkyl halides is 6. The van der Waals surface area contributed by atoms with Gasteiger partial charge in [-0.15, -0.1) is 0 Å². The number of nitrogens with two attached hydrogens (primary N) is 1. The molecule has 5 nitrogen and oxygen atoms in total. The van der Waals surface area contributed by atoms with Gasteiger partial charge in [0.1, 0.15) is 6.04 Å². The number of ether oxygens (including phenoxy) is 1. The highest BCUT2D eigenvalue weighted by atomic mass is 19.4. The molecule has 0 unspecified atom stereocenters. The molecule has 0 aliphatic carbocycles. The SMILES string of the molecule is C[C@@](N)(OC(=O)C(F)(F)F)C(=O)N1CCC[C@H]1C(F)(F)F. The first-order valence-corrected chi connectivity index (χ1v) is 5.73. The lowest BCUT2D eigenvalue weighted by Crippen LogP contribution is -2.59. The summed E-state index contributed by atoms with van der Waals surface area (Å²) in [6, 6.07) is -2.16. The molecule has 21 heavy (non-hydrogen) atoms. The van der Waals surface area contributed by atoms with E-state index in [1.165, 1.54) is 0 Å². The van der Waals surface area contributed by atoms with Crippen molar-refractivity contribution in [2.24, 2.45) is 5.73 Å². The van der Waals surface area contributed by atoms with Crippen LogP contribution in [0.1, 0.15) is 19.8 Å². The average Bonchev–Trinajstić information content (AvgIpc) is 2.74. The van der Waals surface area contributed by atoms with Gasteiger partial charge in [-0.05, 0) is 19.8 Å². The Hall–Kier alpha value is -1.52. The summed E-state index contributed by atoms with van der Waals surface area (Å²) in [5, 5.41) is 0. The Kier molecular flexibility index (Phi) is 4.47. The van der Waals surface area contributed by atoms with Gasteiger partial charge < -0.3 is 9.64 Å². The zero-order chi connectivity index (χ0) is 16.6. The van der Waals surface area contributed by atoms with Gasteiger partial charge in [0.25, 0.3) is 5.91 Å². The number of esters is 1. The molecule has 0 saturated carbocycles. The normalized spacial score (nSPS) is 22.9. The lowest BCUT2D eigenvalue weighted by Gasteiger charge is -2.33. The summed E-state index contributed by atoms with van der Waals surface area (Å²) in [4.78, 5) is 22.8. The van der Waals surface area contributed by atoms with Crippen LogP contribution < -0.4 is 5.73 Å². The second-order valence-electron chi connectivity index (χ2n) is 4.69. The van der Waals surface area contributed by atoms with Gasteiger partial charge in [-0.3, -0.25) is 10.5 Å². The van der Waals surface area contributed by atoms with Gasteiger partial charge in [0.05, 0.1) is 0 Å². The minimum atomic E-state index is -5.41. The number of likely N-dealkylation sites (tertiary alicyclic amines) is 1. The maximum Gasteiger partial charge on any atom is 0.491 e. The molecule has 1 fully saturated rings. The van der Waals surface area contributed by atoms with Crippen molar-refractivity contribution in [2.45, 2.75) is 43.9 Å². The molecule has 1 aliphatic heterocycles. The van der Waals surface area contributed by atoms with Crippen molar-refractivity contribution >= 4 is 11.9 Å². The number of hydrogen-bond acceptors (Lipinski definition) is 4. The van der Waals surface area contributed by atoms with Crippen LogP contribution in [0.15, 0.2) is 0 Å². The summed E-state index contributed by atoms with van der Waals surface area (Å²) in [5.41, 5.74) is 2.31. The van der Waals surface area contributed by atoms with Crippen molar-refractivity contribution in [1.29, 1.82) is 0 Å². The largest absolute Gasteiger partial charge is 0.491 e. The monoisotopic (exact) mass is 322 g/mol. The number of amides is 1. The first-order chi connectivity index (χ1) is 9.27. The van der Waals surface area contributed by atoms with E-state index in [1.54, 1.807) is 0 Å². The second-order valence-corrected chi connectivity index (χ2v) is 4.69. The van der Waals surface area contributed by atoms with E-state index in [2.05, 4.69) is 4.74 Å². The highest BCUT2D eigenvalue weighted by molar-refractivity contribution is 5.88. The molecule has 1 aliphatic rings. The Balaban J connectivity index is 2.88. The fraction of sp³-hybridized carbons (Fsp3) is 0.800. The van der Waals surface area contributed by atoms with Crippen molar-refractivity contribution in [3.63, 3.8) is 0 Å². The maximum atomic E-state index is 12.7. The molecule has 11 heteroatoms. The lowest BCUT2D eigenvalue weighted by molar-refractivity contribution is -0.218. The first kappa shape index (κ1) is 17.5. The summed E-state index contributed by atoms with van der Waals surface area (Å²) in [7, 11) is 0. The van der Waals surface area contributed by atoms with Crippen LogP contribution in [-0.4, -0.2) is 47.4 Å². The molecule has 0 radical (unpaired) electrons. The summed E-state index contributed by atoms with van der Waals surface area (Å²) >= 11 is 0. The number of carbonyl (C=O) groups is 2. The first-order valence-electron chi connectivity index (χ1n) is 5.73. The van der Waals surface area contributed by atoms with Crippen LogP contribution in [0.5, 0.6) is 0 Å². The van der Waals surface area contributed by atoms with Gasteiger partial charge in [-0.2, -0.15) is 26.3 Å². The molecule has 0 aromatic heterocycles. The molecule has 1 rings (SSSR count). The van der Waals surface area contributed by atoms with Gasteiger partial charge in [-0.1, -0.05) is 0 Å². The number of hydrogen-bond donors (Lipinski definition) is 1. The van der Waals surface area contributed by atoms with Crippen LogP contribution in [0.4, 0.5) is 26.3 Å². The van der Waals surface area contributed by atoms with Crippen molar-refractivity contribution in [1.82, 2.24) is 4.90 Å². The van der Waals surface area contributed by atoms with Gasteiger partial charge in [0.15, 0.2) is 0 Å². The van der Waals surface area contributed by atoms with Crippen LogP contribution in [0, 0.1) is 0 Å². The minimum Gasteiger partial charge on any atom is -0.428 e. The van der Waals surface area contributed by atoms with Crippen LogP contribution >= 0.6 is 0 Å². The Morgan fingerprint density at radius 2 is 1.71 bits per heavy atom. The Morgan fingerprint density at radius 3 is 2.14 bits per heavy atom. The molecule has 2 N–H and O–H groups in total. The fourth-order valence-corrected chi connectivity index (χ4v) is 1.93. The third-order valence-corrected chi connectivity index (χ3v) is 2.85. The van der Waals surface area contributed by atoms with E-state index in [1.807, 2.05) is 0 Å². The van der Waals surface area contributed by atoms with E-state index in [0.717, 1.165) is 0 Å². The summed E-state index contributed by atoms with van der Waals surface area (Å²) in [6.07, 6.45) is -10.5. The van der Waals surface area contributed by atoms with E-state index in [0.29, 0.717) is 6.92 Å². The molecule has 0 aromatic rings.